The molecular formula is C17H14N4O4S. The van der Waals surface area contributed by atoms with Gasteiger partial charge in [0.05, 0.1) is 21.4 Å². The van der Waals surface area contributed by atoms with E-state index in [1.54, 1.807) is 30.3 Å². The third-order valence-electron chi connectivity index (χ3n) is 3.59. The van der Waals surface area contributed by atoms with Gasteiger partial charge in [0.2, 0.25) is 5.91 Å². The van der Waals surface area contributed by atoms with Gasteiger partial charge in [0.25, 0.3) is 5.69 Å². The molecule has 1 N–H and O–H groups in total. The van der Waals surface area contributed by atoms with Crippen molar-refractivity contribution in [2.24, 2.45) is 9.98 Å². The van der Waals surface area contributed by atoms with E-state index < -0.39 is 10.4 Å². The number of thioether (sulfide) groups is 1. The minimum Gasteiger partial charge on any atom is -0.325 e. The second-order valence-corrected chi connectivity index (χ2v) is 6.55. The van der Waals surface area contributed by atoms with E-state index in [0.29, 0.717) is 22.0 Å². The van der Waals surface area contributed by atoms with E-state index in [-0.39, 0.29) is 23.1 Å². The van der Waals surface area contributed by atoms with Gasteiger partial charge in [-0.2, -0.15) is 0 Å². The first-order valence-corrected chi connectivity index (χ1v) is 8.70. The quantitative estimate of drug-likeness (QED) is 0.472. The number of carbonyl (C=O) groups is 2. The lowest BCUT2D eigenvalue weighted by Gasteiger charge is -2.07. The normalized spacial score (nSPS) is 14.7. The molecule has 0 saturated carbocycles. The Kier molecular flexibility index (Phi) is 5.08. The smallest absolute Gasteiger partial charge is 0.271 e. The number of rotatable bonds is 6. The number of amides is 1. The molecule has 2 aromatic rings. The average Bonchev–Trinajstić information content (AvgIpc) is 3.02. The molecule has 0 unspecified atom stereocenters. The molecule has 8 nitrogen and oxygen atoms in total. The standard InChI is InChI=1S/C17H14N4O4S/c1-10(22)11-3-2-4-12(7-11)18-16(23)9-26-17-19-14-6-5-13(21(24)25)8-15(14)20-17/h2-8,17H,9H2,1H3,(H,18,23)/t17-/m0/s1. The Balaban J connectivity index is 1.61. The van der Waals surface area contributed by atoms with Gasteiger partial charge in [-0.05, 0) is 25.1 Å². The molecule has 132 valence electrons. The van der Waals surface area contributed by atoms with Crippen molar-refractivity contribution in [1.82, 2.24) is 0 Å². The molecule has 1 heterocycles. The van der Waals surface area contributed by atoms with E-state index >= 15 is 0 Å². The minimum absolute atomic E-state index is 0.0450. The summed E-state index contributed by atoms with van der Waals surface area (Å²) in [5.41, 5.74) is 0.508. The number of nitro benzene ring substituents is 1. The van der Waals surface area contributed by atoms with Crippen molar-refractivity contribution in [2.75, 3.05) is 11.1 Å². The van der Waals surface area contributed by atoms with E-state index in [4.69, 9.17) is 0 Å². The van der Waals surface area contributed by atoms with Gasteiger partial charge in [-0.3, -0.25) is 19.7 Å². The van der Waals surface area contributed by atoms with Crippen LogP contribution in [0.3, 0.4) is 0 Å². The first-order valence-electron chi connectivity index (χ1n) is 7.65. The Morgan fingerprint density at radius 2 is 1.96 bits per heavy atom. The van der Waals surface area contributed by atoms with E-state index in [2.05, 4.69) is 15.3 Å². The lowest BCUT2D eigenvalue weighted by atomic mass is 10.1. The van der Waals surface area contributed by atoms with Gasteiger partial charge in [-0.25, -0.2) is 9.98 Å². The van der Waals surface area contributed by atoms with Crippen molar-refractivity contribution in [1.29, 1.82) is 0 Å². The molecule has 3 rings (SSSR count). The van der Waals surface area contributed by atoms with Crippen molar-refractivity contribution in [3.63, 3.8) is 0 Å². The molecule has 0 spiro atoms. The molecule has 0 radical (unpaired) electrons. The molecular weight excluding hydrogens is 356 g/mol. The number of anilines is 1. The zero-order chi connectivity index (χ0) is 18.7. The van der Waals surface area contributed by atoms with E-state index in [1.807, 2.05) is 0 Å². The molecule has 1 atom stereocenters. The number of fused-ring (bicyclic) bond motifs is 1. The summed E-state index contributed by atoms with van der Waals surface area (Å²) in [5.74, 6) is -0.216. The molecule has 9 heteroatoms. The zero-order valence-corrected chi connectivity index (χ0v) is 14.5. The van der Waals surface area contributed by atoms with Gasteiger partial charge >= 0.3 is 0 Å². The number of Topliss-reactive ketones (excluding diaryl/α,β-unsaturated/α-hetero) is 1. The number of carbonyl (C=O) groups excluding carboxylic acids is 2. The van der Waals surface area contributed by atoms with E-state index in [9.17, 15) is 19.7 Å². The fraction of sp³-hybridized carbons (Fsp3) is 0.176. The highest BCUT2D eigenvalue weighted by atomic mass is 32.2. The van der Waals surface area contributed by atoms with Crippen LogP contribution < -0.4 is 16.0 Å². The Labute approximate surface area is 152 Å². The van der Waals surface area contributed by atoms with Gasteiger partial charge in [0, 0.05) is 23.4 Å². The molecule has 1 aliphatic rings. The number of ketones is 1. The molecule has 26 heavy (non-hydrogen) atoms. The molecule has 0 aliphatic carbocycles. The number of benzene rings is 2. The second kappa shape index (κ2) is 7.44. The fourth-order valence-electron chi connectivity index (χ4n) is 2.34. The minimum atomic E-state index is -0.513. The summed E-state index contributed by atoms with van der Waals surface area (Å²) >= 11 is 1.21. The summed E-state index contributed by atoms with van der Waals surface area (Å²) in [7, 11) is 0. The first-order chi connectivity index (χ1) is 12.4. The SMILES string of the molecule is CC(=O)c1cccc(NC(=O)CS[C@H]2N=c3ccc([N+](=O)[O-])cc3=N2)c1. The molecule has 0 fully saturated rings. The highest BCUT2D eigenvalue weighted by Gasteiger charge is 2.15. The number of non-ortho nitro benzene ring substituents is 1. The van der Waals surface area contributed by atoms with Crippen LogP contribution in [0.5, 0.6) is 0 Å². The average molecular weight is 370 g/mol. The number of nitrogens with zero attached hydrogens (tertiary/aromatic N) is 3. The first kappa shape index (κ1) is 17.7. The van der Waals surface area contributed by atoms with Crippen LogP contribution >= 0.6 is 11.8 Å². The van der Waals surface area contributed by atoms with Gasteiger partial charge in [-0.15, -0.1) is 11.8 Å². The second-order valence-electron chi connectivity index (χ2n) is 5.51. The van der Waals surface area contributed by atoms with Crippen LogP contribution in [0, 0.1) is 10.1 Å². The molecule has 0 bridgehead atoms. The summed E-state index contributed by atoms with van der Waals surface area (Å²) in [6.45, 7) is 1.46. The van der Waals surface area contributed by atoms with Crippen LogP contribution in [-0.4, -0.2) is 27.9 Å². The Hall–Kier alpha value is -3.07. The third kappa shape index (κ3) is 4.12. The predicted molar refractivity (Wildman–Crippen MR) is 96.7 cm³/mol. The Morgan fingerprint density at radius 3 is 2.69 bits per heavy atom. The maximum absolute atomic E-state index is 12.1. The van der Waals surface area contributed by atoms with Crippen molar-refractivity contribution in [2.45, 2.75) is 12.4 Å². The van der Waals surface area contributed by atoms with Crippen molar-refractivity contribution < 1.29 is 14.5 Å². The summed E-state index contributed by atoms with van der Waals surface area (Å²) in [6, 6.07) is 11.0. The fourth-order valence-corrected chi connectivity index (χ4v) is 3.09. The number of hydrogen-bond donors (Lipinski definition) is 1. The van der Waals surface area contributed by atoms with E-state index in [1.165, 1.54) is 30.8 Å². The summed E-state index contributed by atoms with van der Waals surface area (Å²) in [5, 5.41) is 14.5. The Bertz CT molecular complexity index is 1020. The van der Waals surface area contributed by atoms with Crippen LogP contribution in [-0.2, 0) is 4.79 Å². The predicted octanol–water partition coefficient (Wildman–Crippen LogP) is 1.71. The van der Waals surface area contributed by atoms with Crippen molar-refractivity contribution >= 4 is 34.8 Å². The molecule has 0 saturated heterocycles. The molecule has 1 amide bonds. The maximum atomic E-state index is 12.1. The van der Waals surface area contributed by atoms with Gasteiger partial charge in [0.1, 0.15) is 0 Å². The lowest BCUT2D eigenvalue weighted by Crippen LogP contribution is -2.21. The number of nitrogens with one attached hydrogen (secondary N) is 1. The summed E-state index contributed by atoms with van der Waals surface area (Å²) < 4.78 is 0. The van der Waals surface area contributed by atoms with Crippen LogP contribution in [0.2, 0.25) is 0 Å². The van der Waals surface area contributed by atoms with Crippen LogP contribution in [0.15, 0.2) is 52.4 Å². The Morgan fingerprint density at radius 1 is 1.19 bits per heavy atom. The monoisotopic (exact) mass is 370 g/mol. The topological polar surface area (TPSA) is 114 Å². The summed E-state index contributed by atoms with van der Waals surface area (Å²) in [4.78, 5) is 42.3. The third-order valence-corrected chi connectivity index (χ3v) is 4.52. The van der Waals surface area contributed by atoms with E-state index in [0.717, 1.165) is 0 Å². The zero-order valence-electron chi connectivity index (χ0n) is 13.7. The van der Waals surface area contributed by atoms with Crippen molar-refractivity contribution in [3.8, 4) is 0 Å². The van der Waals surface area contributed by atoms with Crippen LogP contribution in [0.1, 0.15) is 17.3 Å². The largest absolute Gasteiger partial charge is 0.325 e. The number of nitro groups is 1. The van der Waals surface area contributed by atoms with Crippen LogP contribution in [0.25, 0.3) is 0 Å². The van der Waals surface area contributed by atoms with Crippen LogP contribution in [0.4, 0.5) is 11.4 Å². The van der Waals surface area contributed by atoms with Gasteiger partial charge in [-0.1, -0.05) is 12.1 Å². The highest BCUT2D eigenvalue weighted by Crippen LogP contribution is 2.17. The maximum Gasteiger partial charge on any atom is 0.271 e. The number of hydrogen-bond acceptors (Lipinski definition) is 7. The van der Waals surface area contributed by atoms with Gasteiger partial charge in [0.15, 0.2) is 11.3 Å². The molecule has 0 aromatic heterocycles. The molecule has 2 aromatic carbocycles. The molecule has 1 aliphatic heterocycles. The lowest BCUT2D eigenvalue weighted by molar-refractivity contribution is -0.385. The van der Waals surface area contributed by atoms with Crippen molar-refractivity contribution in [3.05, 3.63) is 68.9 Å². The highest BCUT2D eigenvalue weighted by molar-refractivity contribution is 8.00. The summed E-state index contributed by atoms with van der Waals surface area (Å²) in [6.07, 6.45) is 0. The van der Waals surface area contributed by atoms with Gasteiger partial charge < -0.3 is 5.32 Å².